The third-order valence-electron chi connectivity index (χ3n) is 6.48. The minimum Gasteiger partial charge on any atom is -0.384 e. The SMILES string of the molecule is Nc1cc2ccc(NC(=O)C(O)C(NC(=O)c3ccc(N4CCCC4)nc3)c3ccccc3)cc2cn1. The number of aliphatic hydroxyl groups excluding tert-OH is 1. The van der Waals surface area contributed by atoms with E-state index in [0.717, 1.165) is 42.5 Å². The number of aromatic nitrogens is 2. The van der Waals surface area contributed by atoms with Gasteiger partial charge in [-0.25, -0.2) is 9.97 Å². The van der Waals surface area contributed by atoms with E-state index in [-0.39, 0.29) is 0 Å². The minimum absolute atomic E-state index is 0.345. The molecular weight excluding hydrogens is 468 g/mol. The molecule has 2 unspecified atom stereocenters. The van der Waals surface area contributed by atoms with Crippen LogP contribution in [0.4, 0.5) is 17.3 Å². The molecule has 1 aliphatic rings. The number of carbonyl (C=O) groups is 2. The summed E-state index contributed by atoms with van der Waals surface area (Å²) in [7, 11) is 0. The van der Waals surface area contributed by atoms with Crippen molar-refractivity contribution in [2.75, 3.05) is 29.0 Å². The van der Waals surface area contributed by atoms with Gasteiger partial charge < -0.3 is 26.4 Å². The van der Waals surface area contributed by atoms with Crippen LogP contribution in [0, 0.1) is 0 Å². The van der Waals surface area contributed by atoms with Crippen LogP contribution in [0.5, 0.6) is 0 Å². The number of rotatable bonds is 7. The number of fused-ring (bicyclic) bond motifs is 1. The van der Waals surface area contributed by atoms with Crippen molar-refractivity contribution in [3.8, 4) is 0 Å². The van der Waals surface area contributed by atoms with Crippen LogP contribution in [-0.4, -0.2) is 46.1 Å². The molecule has 1 saturated heterocycles. The summed E-state index contributed by atoms with van der Waals surface area (Å²) in [4.78, 5) is 36.9. The molecule has 1 aliphatic heterocycles. The molecule has 2 aromatic heterocycles. The van der Waals surface area contributed by atoms with E-state index in [2.05, 4.69) is 25.5 Å². The molecule has 0 bridgehead atoms. The number of hydrogen-bond donors (Lipinski definition) is 4. The smallest absolute Gasteiger partial charge is 0.255 e. The third kappa shape index (κ3) is 5.52. The average Bonchev–Trinajstić information content (AvgIpc) is 3.47. The fourth-order valence-electron chi connectivity index (χ4n) is 4.49. The molecule has 4 aromatic rings. The first-order valence-electron chi connectivity index (χ1n) is 12.2. The highest BCUT2D eigenvalue weighted by Gasteiger charge is 2.30. The van der Waals surface area contributed by atoms with Crippen LogP contribution in [0.2, 0.25) is 0 Å². The molecule has 2 amide bonds. The van der Waals surface area contributed by atoms with Crippen molar-refractivity contribution in [1.82, 2.24) is 15.3 Å². The van der Waals surface area contributed by atoms with E-state index in [9.17, 15) is 14.7 Å². The predicted molar refractivity (Wildman–Crippen MR) is 143 cm³/mol. The Kier molecular flexibility index (Phi) is 6.96. The fourth-order valence-corrected chi connectivity index (χ4v) is 4.49. The van der Waals surface area contributed by atoms with Crippen molar-refractivity contribution in [2.45, 2.75) is 25.0 Å². The molecule has 0 aliphatic carbocycles. The van der Waals surface area contributed by atoms with Crippen LogP contribution in [-0.2, 0) is 4.79 Å². The van der Waals surface area contributed by atoms with E-state index in [1.54, 1.807) is 54.7 Å². The van der Waals surface area contributed by atoms with Crippen molar-refractivity contribution in [3.63, 3.8) is 0 Å². The third-order valence-corrected chi connectivity index (χ3v) is 6.48. The summed E-state index contributed by atoms with van der Waals surface area (Å²) in [5, 5.41) is 18.3. The quantitative estimate of drug-likeness (QED) is 0.309. The Morgan fingerprint density at radius 3 is 2.43 bits per heavy atom. The van der Waals surface area contributed by atoms with E-state index < -0.39 is 24.0 Å². The Hall–Kier alpha value is -4.50. The highest BCUT2D eigenvalue weighted by molar-refractivity contribution is 5.99. The Labute approximate surface area is 214 Å². The van der Waals surface area contributed by atoms with Crippen molar-refractivity contribution in [3.05, 3.63) is 90.3 Å². The lowest BCUT2D eigenvalue weighted by molar-refractivity contribution is -0.125. The summed E-state index contributed by atoms with van der Waals surface area (Å²) >= 11 is 0. The van der Waals surface area contributed by atoms with Gasteiger partial charge in [0.15, 0.2) is 6.10 Å². The molecule has 188 valence electrons. The predicted octanol–water partition coefficient (Wildman–Crippen LogP) is 3.28. The van der Waals surface area contributed by atoms with E-state index in [1.807, 2.05) is 18.2 Å². The molecular formula is C28H28N6O3. The van der Waals surface area contributed by atoms with Gasteiger partial charge in [0.2, 0.25) is 0 Å². The van der Waals surface area contributed by atoms with Gasteiger partial charge in [0.05, 0.1) is 11.6 Å². The van der Waals surface area contributed by atoms with Crippen LogP contribution >= 0.6 is 0 Å². The number of pyridine rings is 2. The van der Waals surface area contributed by atoms with Crippen molar-refractivity contribution >= 4 is 39.9 Å². The molecule has 2 atom stereocenters. The maximum Gasteiger partial charge on any atom is 0.255 e. The van der Waals surface area contributed by atoms with Gasteiger partial charge in [0, 0.05) is 36.6 Å². The molecule has 37 heavy (non-hydrogen) atoms. The van der Waals surface area contributed by atoms with Gasteiger partial charge in [-0.3, -0.25) is 9.59 Å². The number of nitrogens with one attached hydrogen (secondary N) is 2. The molecule has 3 heterocycles. The second-order valence-corrected chi connectivity index (χ2v) is 9.07. The van der Waals surface area contributed by atoms with Crippen molar-refractivity contribution in [2.24, 2.45) is 0 Å². The molecule has 9 heteroatoms. The van der Waals surface area contributed by atoms with E-state index in [0.29, 0.717) is 22.6 Å². The number of carbonyl (C=O) groups excluding carboxylic acids is 2. The first-order chi connectivity index (χ1) is 18.0. The number of benzene rings is 2. The summed E-state index contributed by atoms with van der Waals surface area (Å²) < 4.78 is 0. The van der Waals surface area contributed by atoms with Crippen LogP contribution in [0.3, 0.4) is 0 Å². The Morgan fingerprint density at radius 2 is 1.70 bits per heavy atom. The van der Waals surface area contributed by atoms with Crippen LogP contribution in [0.1, 0.15) is 34.8 Å². The zero-order valence-electron chi connectivity index (χ0n) is 20.2. The number of amides is 2. The zero-order valence-corrected chi connectivity index (χ0v) is 20.2. The first kappa shape index (κ1) is 24.2. The number of anilines is 3. The van der Waals surface area contributed by atoms with Crippen LogP contribution in [0.25, 0.3) is 10.8 Å². The van der Waals surface area contributed by atoms with Gasteiger partial charge in [-0.2, -0.15) is 0 Å². The van der Waals surface area contributed by atoms with E-state index >= 15 is 0 Å². The largest absolute Gasteiger partial charge is 0.384 e. The fraction of sp³-hybridized carbons (Fsp3) is 0.214. The van der Waals surface area contributed by atoms with Crippen molar-refractivity contribution < 1.29 is 14.7 Å². The lowest BCUT2D eigenvalue weighted by Crippen LogP contribution is -2.42. The zero-order chi connectivity index (χ0) is 25.8. The maximum atomic E-state index is 13.1. The summed E-state index contributed by atoms with van der Waals surface area (Å²) in [5.74, 6) is 0.151. The highest BCUT2D eigenvalue weighted by atomic mass is 16.3. The van der Waals surface area contributed by atoms with Gasteiger partial charge in [-0.05, 0) is 54.1 Å². The lowest BCUT2D eigenvalue weighted by Gasteiger charge is -2.24. The highest BCUT2D eigenvalue weighted by Crippen LogP contribution is 2.23. The standard InChI is InChI=1S/C28H28N6O3/c29-23-15-19-8-10-22(14-21(19)17-30-23)32-28(37)26(35)25(18-6-2-1-3-7-18)33-27(36)20-9-11-24(31-16-20)34-12-4-5-13-34/h1-3,6-11,14-17,25-26,35H,4-5,12-13H2,(H2,29,30)(H,32,37)(H,33,36). The summed E-state index contributed by atoms with van der Waals surface area (Å²) in [6, 6.07) is 18.5. The van der Waals surface area contributed by atoms with Crippen molar-refractivity contribution in [1.29, 1.82) is 0 Å². The molecule has 1 fully saturated rings. The Bertz CT molecular complexity index is 1400. The summed E-state index contributed by atoms with van der Waals surface area (Å²) in [6.45, 7) is 1.91. The second-order valence-electron chi connectivity index (χ2n) is 9.07. The number of hydrogen-bond acceptors (Lipinski definition) is 7. The Balaban J connectivity index is 1.33. The first-order valence-corrected chi connectivity index (χ1v) is 12.2. The van der Waals surface area contributed by atoms with Gasteiger partial charge >= 0.3 is 0 Å². The topological polar surface area (TPSA) is 133 Å². The van der Waals surface area contributed by atoms with E-state index in [1.165, 1.54) is 6.20 Å². The molecule has 5 N–H and O–H groups in total. The molecule has 5 rings (SSSR count). The van der Waals surface area contributed by atoms with Gasteiger partial charge in [-0.15, -0.1) is 0 Å². The minimum atomic E-state index is -1.55. The van der Waals surface area contributed by atoms with E-state index in [4.69, 9.17) is 5.73 Å². The molecule has 2 aromatic carbocycles. The molecule has 0 saturated carbocycles. The second kappa shape index (κ2) is 10.6. The average molecular weight is 497 g/mol. The van der Waals surface area contributed by atoms with Gasteiger partial charge in [-0.1, -0.05) is 36.4 Å². The Morgan fingerprint density at radius 1 is 0.919 bits per heavy atom. The summed E-state index contributed by atoms with van der Waals surface area (Å²) in [6.07, 6.45) is 3.85. The van der Waals surface area contributed by atoms with Crippen LogP contribution in [0.15, 0.2) is 79.1 Å². The van der Waals surface area contributed by atoms with Crippen LogP contribution < -0.4 is 21.3 Å². The van der Waals surface area contributed by atoms with Gasteiger partial charge in [0.1, 0.15) is 11.6 Å². The lowest BCUT2D eigenvalue weighted by atomic mass is 10.00. The molecule has 9 nitrogen and oxygen atoms in total. The van der Waals surface area contributed by atoms with Gasteiger partial charge in [0.25, 0.3) is 11.8 Å². The molecule has 0 radical (unpaired) electrons. The monoisotopic (exact) mass is 496 g/mol. The summed E-state index contributed by atoms with van der Waals surface area (Å²) in [5.41, 5.74) is 7.16. The normalized spacial score (nSPS) is 14.8. The number of aliphatic hydroxyl groups is 1. The number of nitrogens with two attached hydrogens (primary N) is 1. The number of nitrogen functional groups attached to an aromatic ring is 1. The number of nitrogens with zero attached hydrogens (tertiary/aromatic N) is 3. The molecule has 0 spiro atoms. The maximum absolute atomic E-state index is 13.1.